The van der Waals surface area contributed by atoms with Crippen molar-refractivity contribution in [3.05, 3.63) is 51.4 Å². The van der Waals surface area contributed by atoms with Crippen LogP contribution in [-0.4, -0.2) is 53.4 Å². The van der Waals surface area contributed by atoms with Gasteiger partial charge in [0.25, 0.3) is 5.91 Å². The van der Waals surface area contributed by atoms with Gasteiger partial charge in [0.15, 0.2) is 5.69 Å². The first-order chi connectivity index (χ1) is 17.9. The van der Waals surface area contributed by atoms with Crippen LogP contribution in [0.3, 0.4) is 0 Å². The lowest BCUT2D eigenvalue weighted by Gasteiger charge is -2.30. The minimum Gasteiger partial charge on any atom is -0.496 e. The van der Waals surface area contributed by atoms with Crippen molar-refractivity contribution in [1.29, 1.82) is 0 Å². The lowest BCUT2D eigenvalue weighted by molar-refractivity contribution is -0.149. The number of thiophene rings is 1. The zero-order valence-corrected chi connectivity index (χ0v) is 22.4. The second kappa shape index (κ2) is 10.4. The van der Waals surface area contributed by atoms with E-state index in [0.29, 0.717) is 44.0 Å². The highest BCUT2D eigenvalue weighted by molar-refractivity contribution is 7.08. The van der Waals surface area contributed by atoms with E-state index in [0.717, 1.165) is 39.4 Å². The van der Waals surface area contributed by atoms with Gasteiger partial charge in [-0.15, -0.1) is 0 Å². The molecule has 0 spiro atoms. The molecular weight excluding hydrogens is 490 g/mol. The standard InChI is InChI=1S/C28H31N3O5S/c1-5-35-28(33)18-6-9-30(10-7-18)27(32)25-22-15-36-24-14-23(34-4)19(12-17(2)3)13-21(24)26(22)31(29-25)20-8-11-37-16-20/h8,11-14,16,18H,5-7,9-10,15H2,1-4H3. The number of ether oxygens (including phenoxy) is 3. The number of likely N-dealkylation sites (tertiary alicyclic amines) is 1. The summed E-state index contributed by atoms with van der Waals surface area (Å²) >= 11 is 1.58. The van der Waals surface area contributed by atoms with Crippen molar-refractivity contribution >= 4 is 29.3 Å². The molecule has 2 aliphatic heterocycles. The molecule has 3 aromatic rings. The van der Waals surface area contributed by atoms with Gasteiger partial charge < -0.3 is 19.1 Å². The molecule has 1 aromatic carbocycles. The topological polar surface area (TPSA) is 82.9 Å². The smallest absolute Gasteiger partial charge is 0.309 e. The van der Waals surface area contributed by atoms with Gasteiger partial charge in [0.2, 0.25) is 0 Å². The Bertz CT molecular complexity index is 1350. The van der Waals surface area contributed by atoms with Gasteiger partial charge in [-0.1, -0.05) is 11.6 Å². The fourth-order valence-corrected chi connectivity index (χ4v) is 5.58. The molecule has 1 fully saturated rings. The number of esters is 1. The Morgan fingerprint density at radius 3 is 2.68 bits per heavy atom. The first-order valence-corrected chi connectivity index (χ1v) is 13.5. The Hall–Kier alpha value is -3.59. The van der Waals surface area contributed by atoms with Crippen molar-refractivity contribution in [3.8, 4) is 28.4 Å². The van der Waals surface area contributed by atoms with Crippen LogP contribution < -0.4 is 9.47 Å². The summed E-state index contributed by atoms with van der Waals surface area (Å²) < 4.78 is 18.8. The number of rotatable bonds is 6. The van der Waals surface area contributed by atoms with Crippen LogP contribution in [0.25, 0.3) is 23.0 Å². The van der Waals surface area contributed by atoms with Crippen molar-refractivity contribution in [2.24, 2.45) is 5.92 Å². The Morgan fingerprint density at radius 2 is 2.03 bits per heavy atom. The maximum atomic E-state index is 13.7. The Balaban J connectivity index is 1.55. The second-order valence-corrected chi connectivity index (χ2v) is 10.3. The van der Waals surface area contributed by atoms with Crippen LogP contribution in [0.5, 0.6) is 11.5 Å². The summed E-state index contributed by atoms with van der Waals surface area (Å²) in [5.41, 5.74) is 5.86. The van der Waals surface area contributed by atoms with E-state index >= 15 is 0 Å². The number of nitrogens with zero attached hydrogens (tertiary/aromatic N) is 3. The van der Waals surface area contributed by atoms with Crippen LogP contribution in [0.15, 0.2) is 34.5 Å². The predicted molar refractivity (Wildman–Crippen MR) is 142 cm³/mol. The van der Waals surface area contributed by atoms with Crippen molar-refractivity contribution in [3.63, 3.8) is 0 Å². The molecule has 1 saturated heterocycles. The number of fused-ring (bicyclic) bond motifs is 3. The van der Waals surface area contributed by atoms with Crippen LogP contribution in [0.4, 0.5) is 0 Å². The third kappa shape index (κ3) is 4.75. The first-order valence-electron chi connectivity index (χ1n) is 12.5. The number of hydrogen-bond acceptors (Lipinski definition) is 7. The molecule has 5 rings (SSSR count). The van der Waals surface area contributed by atoms with Crippen LogP contribution in [-0.2, 0) is 16.1 Å². The van der Waals surface area contributed by atoms with E-state index in [1.54, 1.807) is 23.3 Å². The van der Waals surface area contributed by atoms with E-state index < -0.39 is 0 Å². The van der Waals surface area contributed by atoms with Gasteiger partial charge in [-0.05, 0) is 51.1 Å². The molecule has 1 amide bonds. The minimum absolute atomic E-state index is 0.141. The fraction of sp³-hybridized carbons (Fsp3) is 0.393. The number of benzene rings is 1. The summed E-state index contributed by atoms with van der Waals surface area (Å²) in [5, 5.41) is 8.85. The first kappa shape index (κ1) is 25.1. The molecule has 8 nitrogen and oxygen atoms in total. The van der Waals surface area contributed by atoms with E-state index in [1.807, 2.05) is 54.4 Å². The fourth-order valence-electron chi connectivity index (χ4n) is 4.96. The number of piperidine rings is 1. The number of amides is 1. The molecule has 37 heavy (non-hydrogen) atoms. The van der Waals surface area contributed by atoms with Gasteiger partial charge in [0.05, 0.1) is 31.0 Å². The monoisotopic (exact) mass is 521 g/mol. The number of carbonyl (C=O) groups is 2. The van der Waals surface area contributed by atoms with E-state index in [4.69, 9.17) is 19.3 Å². The molecule has 0 radical (unpaired) electrons. The van der Waals surface area contributed by atoms with Crippen molar-refractivity contribution < 1.29 is 23.8 Å². The molecule has 194 valence electrons. The third-order valence-corrected chi connectivity index (χ3v) is 7.41. The van der Waals surface area contributed by atoms with Gasteiger partial charge in [0, 0.05) is 41.2 Å². The van der Waals surface area contributed by atoms with E-state index in [9.17, 15) is 9.59 Å². The van der Waals surface area contributed by atoms with Crippen LogP contribution in [0.2, 0.25) is 0 Å². The maximum Gasteiger partial charge on any atom is 0.309 e. The predicted octanol–water partition coefficient (Wildman–Crippen LogP) is 5.34. The number of carbonyl (C=O) groups excluding carboxylic acids is 2. The zero-order chi connectivity index (χ0) is 26.1. The summed E-state index contributed by atoms with van der Waals surface area (Å²) in [5.74, 6) is 0.936. The van der Waals surface area contributed by atoms with Gasteiger partial charge in [0.1, 0.15) is 18.1 Å². The number of methoxy groups -OCH3 is 1. The van der Waals surface area contributed by atoms with E-state index in [1.165, 1.54) is 0 Å². The highest BCUT2D eigenvalue weighted by atomic mass is 32.1. The molecule has 2 aliphatic rings. The number of aromatic nitrogens is 2. The summed E-state index contributed by atoms with van der Waals surface area (Å²) in [6.45, 7) is 7.47. The molecule has 0 saturated carbocycles. The lowest BCUT2D eigenvalue weighted by Crippen LogP contribution is -2.41. The maximum absolute atomic E-state index is 13.7. The average Bonchev–Trinajstić information content (AvgIpc) is 3.56. The Kier molecular flexibility index (Phi) is 7.06. The summed E-state index contributed by atoms with van der Waals surface area (Å²) in [4.78, 5) is 27.7. The third-order valence-electron chi connectivity index (χ3n) is 6.74. The molecule has 0 atom stereocenters. The van der Waals surface area contributed by atoms with E-state index in [-0.39, 0.29) is 24.4 Å². The van der Waals surface area contributed by atoms with Crippen molar-refractivity contribution in [2.45, 2.75) is 40.2 Å². The second-order valence-electron chi connectivity index (χ2n) is 9.49. The largest absolute Gasteiger partial charge is 0.496 e. The normalized spacial score (nSPS) is 14.9. The average molecular weight is 522 g/mol. The molecule has 0 aliphatic carbocycles. The van der Waals surface area contributed by atoms with Crippen LogP contribution in [0, 0.1) is 5.92 Å². The molecule has 0 bridgehead atoms. The summed E-state index contributed by atoms with van der Waals surface area (Å²) in [7, 11) is 1.65. The minimum atomic E-state index is -0.179. The lowest BCUT2D eigenvalue weighted by atomic mass is 9.96. The number of hydrogen-bond donors (Lipinski definition) is 0. The molecule has 9 heteroatoms. The quantitative estimate of drug-likeness (QED) is 0.407. The Labute approximate surface area is 220 Å². The van der Waals surface area contributed by atoms with Crippen molar-refractivity contribution in [1.82, 2.24) is 14.7 Å². The van der Waals surface area contributed by atoms with Gasteiger partial charge in [-0.2, -0.15) is 16.4 Å². The molecule has 0 N–H and O–H groups in total. The summed E-state index contributed by atoms with van der Waals surface area (Å²) in [6.07, 6.45) is 3.24. The van der Waals surface area contributed by atoms with Crippen LogP contribution in [0.1, 0.15) is 55.2 Å². The molecule has 4 heterocycles. The summed E-state index contributed by atoms with van der Waals surface area (Å²) in [6, 6.07) is 5.94. The Morgan fingerprint density at radius 1 is 1.24 bits per heavy atom. The van der Waals surface area contributed by atoms with Gasteiger partial charge >= 0.3 is 5.97 Å². The molecule has 2 aromatic heterocycles. The SMILES string of the molecule is CCOC(=O)C1CCN(C(=O)c2nn(-c3ccsc3)c3c2COc2cc(OC)c(C=C(C)C)cc2-3)CC1. The molecule has 0 unspecified atom stereocenters. The highest BCUT2D eigenvalue weighted by Gasteiger charge is 2.35. The van der Waals surface area contributed by atoms with Gasteiger partial charge in [-0.3, -0.25) is 9.59 Å². The number of allylic oxidation sites excluding steroid dienone is 1. The van der Waals surface area contributed by atoms with Gasteiger partial charge in [-0.25, -0.2) is 4.68 Å². The van der Waals surface area contributed by atoms with Crippen molar-refractivity contribution in [2.75, 3.05) is 26.8 Å². The van der Waals surface area contributed by atoms with Crippen LogP contribution >= 0.6 is 11.3 Å². The van der Waals surface area contributed by atoms with E-state index in [2.05, 4.69) is 6.08 Å². The highest BCUT2D eigenvalue weighted by Crippen LogP contribution is 2.44. The molecular formula is C28H31N3O5S. The zero-order valence-electron chi connectivity index (χ0n) is 21.6.